The molecule has 0 radical (unpaired) electrons. The van der Waals surface area contributed by atoms with Gasteiger partial charge in [-0.05, 0) is 49.2 Å². The van der Waals surface area contributed by atoms with Crippen LogP contribution in [0.5, 0.6) is 0 Å². The molecule has 0 bridgehead atoms. The van der Waals surface area contributed by atoms with E-state index in [1.54, 1.807) is 12.4 Å². The summed E-state index contributed by atoms with van der Waals surface area (Å²) in [5.41, 5.74) is 3.66. The van der Waals surface area contributed by atoms with Gasteiger partial charge in [0.05, 0.1) is 40.8 Å². The molecule has 160 valence electrons. The number of benzene rings is 1. The average Bonchev–Trinajstić information content (AvgIpc) is 3.37. The second kappa shape index (κ2) is 9.24. The number of hydrogen-bond acceptors (Lipinski definition) is 5. The van der Waals surface area contributed by atoms with E-state index in [4.69, 9.17) is 9.72 Å². The molecule has 0 unspecified atom stereocenters. The van der Waals surface area contributed by atoms with Gasteiger partial charge in [-0.15, -0.1) is 0 Å². The molecule has 0 aliphatic carbocycles. The molecule has 0 spiro atoms. The smallest absolute Gasteiger partial charge is 0.255 e. The molecule has 1 aromatic carbocycles. The van der Waals surface area contributed by atoms with E-state index < -0.39 is 0 Å². The first-order valence-corrected chi connectivity index (χ1v) is 10.9. The third-order valence-corrected chi connectivity index (χ3v) is 5.69. The highest BCUT2D eigenvalue weighted by Crippen LogP contribution is 2.26. The highest BCUT2D eigenvalue weighted by atomic mass is 16.5. The highest BCUT2D eigenvalue weighted by Gasteiger charge is 2.26. The Hall–Kier alpha value is -3.64. The Morgan fingerprint density at radius 2 is 1.78 bits per heavy atom. The number of carbonyl (C=O) groups excluding carboxylic acids is 1. The second-order valence-electron chi connectivity index (χ2n) is 7.93. The predicted molar refractivity (Wildman–Crippen MR) is 123 cm³/mol. The molecule has 32 heavy (non-hydrogen) atoms. The maximum absolute atomic E-state index is 13.9. The lowest BCUT2D eigenvalue weighted by Crippen LogP contribution is -2.37. The lowest BCUT2D eigenvalue weighted by molar-refractivity contribution is 0.0506. The minimum Gasteiger partial charge on any atom is -0.376 e. The van der Waals surface area contributed by atoms with Crippen molar-refractivity contribution in [2.75, 3.05) is 13.2 Å². The minimum atomic E-state index is -0.0538. The molecule has 3 aromatic heterocycles. The molecule has 5 rings (SSSR count). The topological polar surface area (TPSA) is 68.2 Å². The van der Waals surface area contributed by atoms with Crippen molar-refractivity contribution in [1.29, 1.82) is 0 Å². The fourth-order valence-corrected chi connectivity index (χ4v) is 4.11. The Bertz CT molecular complexity index is 1210. The van der Waals surface area contributed by atoms with E-state index in [-0.39, 0.29) is 12.0 Å². The van der Waals surface area contributed by atoms with Crippen LogP contribution in [-0.4, -0.2) is 45.0 Å². The number of aromatic nitrogens is 3. The number of carbonyl (C=O) groups is 1. The number of fused-ring (bicyclic) bond motifs is 1. The van der Waals surface area contributed by atoms with Gasteiger partial charge < -0.3 is 9.64 Å². The molecule has 1 amide bonds. The van der Waals surface area contributed by atoms with Crippen LogP contribution in [0.15, 0.2) is 79.1 Å². The summed E-state index contributed by atoms with van der Waals surface area (Å²) in [6.07, 6.45) is 5.52. The maximum Gasteiger partial charge on any atom is 0.255 e. The van der Waals surface area contributed by atoms with Crippen molar-refractivity contribution in [3.8, 4) is 11.4 Å². The quantitative estimate of drug-likeness (QED) is 0.455. The van der Waals surface area contributed by atoms with Gasteiger partial charge in [-0.1, -0.05) is 30.3 Å². The molecule has 0 N–H and O–H groups in total. The van der Waals surface area contributed by atoms with Gasteiger partial charge in [-0.3, -0.25) is 14.8 Å². The summed E-state index contributed by atoms with van der Waals surface area (Å²) in [7, 11) is 0. The fourth-order valence-electron chi connectivity index (χ4n) is 4.11. The van der Waals surface area contributed by atoms with E-state index in [0.717, 1.165) is 41.7 Å². The van der Waals surface area contributed by atoms with E-state index in [0.29, 0.717) is 24.3 Å². The molecule has 6 nitrogen and oxygen atoms in total. The molecule has 1 fully saturated rings. The first kappa shape index (κ1) is 20.3. The molecule has 1 aliphatic heterocycles. The zero-order chi connectivity index (χ0) is 21.8. The van der Waals surface area contributed by atoms with Crippen LogP contribution in [0.3, 0.4) is 0 Å². The first-order valence-electron chi connectivity index (χ1n) is 10.9. The van der Waals surface area contributed by atoms with Gasteiger partial charge in [-0.2, -0.15) is 0 Å². The lowest BCUT2D eigenvalue weighted by atomic mass is 10.0. The van der Waals surface area contributed by atoms with Gasteiger partial charge in [0, 0.05) is 30.9 Å². The molecular weight excluding hydrogens is 400 g/mol. The first-order chi connectivity index (χ1) is 15.8. The number of ether oxygens (including phenoxy) is 1. The van der Waals surface area contributed by atoms with Crippen molar-refractivity contribution in [2.45, 2.75) is 25.5 Å². The number of pyridine rings is 3. The van der Waals surface area contributed by atoms with Crippen molar-refractivity contribution in [3.63, 3.8) is 0 Å². The van der Waals surface area contributed by atoms with E-state index in [1.807, 2.05) is 71.6 Å². The molecule has 0 saturated carbocycles. The summed E-state index contributed by atoms with van der Waals surface area (Å²) in [6.45, 7) is 1.71. The average molecular weight is 425 g/mol. The van der Waals surface area contributed by atoms with Crippen molar-refractivity contribution in [3.05, 3.63) is 90.4 Å². The van der Waals surface area contributed by atoms with E-state index >= 15 is 0 Å². The maximum atomic E-state index is 13.9. The number of para-hydroxylation sites is 1. The fraction of sp³-hybridized carbons (Fsp3) is 0.231. The van der Waals surface area contributed by atoms with Crippen molar-refractivity contribution in [2.24, 2.45) is 0 Å². The van der Waals surface area contributed by atoms with Gasteiger partial charge in [0.15, 0.2) is 0 Å². The molecule has 4 heterocycles. The second-order valence-corrected chi connectivity index (χ2v) is 7.93. The van der Waals surface area contributed by atoms with Crippen LogP contribution in [0, 0.1) is 0 Å². The Labute approximate surface area is 186 Å². The van der Waals surface area contributed by atoms with Crippen LogP contribution in [0.2, 0.25) is 0 Å². The summed E-state index contributed by atoms with van der Waals surface area (Å²) in [5, 5.41) is 0.829. The lowest BCUT2D eigenvalue weighted by Gasteiger charge is -2.26. The molecule has 1 atom stereocenters. The van der Waals surface area contributed by atoms with Crippen LogP contribution in [0.25, 0.3) is 22.3 Å². The molecule has 6 heteroatoms. The summed E-state index contributed by atoms with van der Waals surface area (Å²) in [5.74, 6) is -0.0538. The number of hydrogen-bond donors (Lipinski definition) is 0. The number of nitrogens with zero attached hydrogens (tertiary/aromatic N) is 4. The van der Waals surface area contributed by atoms with E-state index in [1.165, 1.54) is 0 Å². The van der Waals surface area contributed by atoms with Gasteiger partial charge >= 0.3 is 0 Å². The van der Waals surface area contributed by atoms with Gasteiger partial charge in [0.2, 0.25) is 0 Å². The third-order valence-electron chi connectivity index (χ3n) is 5.69. The normalized spacial score (nSPS) is 15.7. The summed E-state index contributed by atoms with van der Waals surface area (Å²) in [4.78, 5) is 29.4. The predicted octanol–water partition coefficient (Wildman–Crippen LogP) is 4.51. The van der Waals surface area contributed by atoms with Crippen LogP contribution < -0.4 is 0 Å². The molecule has 1 saturated heterocycles. The summed E-state index contributed by atoms with van der Waals surface area (Å²) < 4.78 is 5.85. The van der Waals surface area contributed by atoms with Crippen LogP contribution >= 0.6 is 0 Å². The van der Waals surface area contributed by atoms with Gasteiger partial charge in [0.1, 0.15) is 0 Å². The van der Waals surface area contributed by atoms with Crippen molar-refractivity contribution < 1.29 is 9.53 Å². The van der Waals surface area contributed by atoms with Crippen molar-refractivity contribution >= 4 is 16.8 Å². The summed E-state index contributed by atoms with van der Waals surface area (Å²) in [6, 6.07) is 21.1. The molecule has 1 aliphatic rings. The summed E-state index contributed by atoms with van der Waals surface area (Å²) >= 11 is 0. The van der Waals surface area contributed by atoms with E-state index in [2.05, 4.69) is 9.97 Å². The molecule has 4 aromatic rings. The largest absolute Gasteiger partial charge is 0.376 e. The van der Waals surface area contributed by atoms with Crippen LogP contribution in [0.1, 0.15) is 28.9 Å². The van der Waals surface area contributed by atoms with Gasteiger partial charge in [0.25, 0.3) is 5.91 Å². The zero-order valence-corrected chi connectivity index (χ0v) is 17.7. The SMILES string of the molecule is O=C(c1cc(-c2ccccn2)nc2ccccc12)N(Cc1ccccn1)C[C@H]1CCCO1. The molecular formula is C26H24N4O2. The Kier molecular flexibility index (Phi) is 5.85. The highest BCUT2D eigenvalue weighted by molar-refractivity contribution is 6.07. The third kappa shape index (κ3) is 4.36. The monoisotopic (exact) mass is 424 g/mol. The zero-order valence-electron chi connectivity index (χ0n) is 17.7. The van der Waals surface area contributed by atoms with E-state index in [9.17, 15) is 4.79 Å². The minimum absolute atomic E-state index is 0.0472. The number of rotatable bonds is 6. The van der Waals surface area contributed by atoms with Crippen LogP contribution in [-0.2, 0) is 11.3 Å². The Morgan fingerprint density at radius 3 is 2.53 bits per heavy atom. The number of amides is 1. The van der Waals surface area contributed by atoms with Crippen molar-refractivity contribution in [1.82, 2.24) is 19.9 Å². The van der Waals surface area contributed by atoms with Crippen LogP contribution in [0.4, 0.5) is 0 Å². The standard InChI is InChI=1S/C26H24N4O2/c31-26(30(18-20-9-7-15-32-20)17-19-8-3-5-13-27-19)22-16-25(24-12-4-6-14-28-24)29-23-11-2-1-10-21(22)23/h1-6,8,10-14,16,20H,7,9,15,17-18H2/t20-/m1/s1. The van der Waals surface area contributed by atoms with Gasteiger partial charge in [-0.25, -0.2) is 4.98 Å². The Balaban J connectivity index is 1.56. The Morgan fingerprint density at radius 1 is 0.969 bits per heavy atom.